The minimum Gasteiger partial charge on any atom is -0.315 e. The smallest absolute Gasteiger partial charge is 0.0107 e. The highest BCUT2D eigenvalue weighted by Gasteiger charge is 2.08. The summed E-state index contributed by atoms with van der Waals surface area (Å²) < 4.78 is 0. The van der Waals surface area contributed by atoms with E-state index in [1.807, 2.05) is 0 Å². The second-order valence-electron chi connectivity index (χ2n) is 5.86. The Kier molecular flexibility index (Phi) is 6.55. The molecule has 0 amide bonds. The maximum Gasteiger partial charge on any atom is 0.0107 e. The summed E-state index contributed by atoms with van der Waals surface area (Å²) >= 11 is 0. The van der Waals surface area contributed by atoms with Crippen molar-refractivity contribution in [3.05, 3.63) is 34.9 Å². The fourth-order valence-corrected chi connectivity index (χ4v) is 3.10. The van der Waals surface area contributed by atoms with Crippen molar-refractivity contribution >= 4 is 0 Å². The minimum atomic E-state index is 1.15. The lowest BCUT2D eigenvalue weighted by molar-refractivity contribution is 0.289. The molecule has 2 rings (SSSR count). The highest BCUT2D eigenvalue weighted by atomic mass is 15.1. The predicted octanol–water partition coefficient (Wildman–Crippen LogP) is 3.04. The largest absolute Gasteiger partial charge is 0.315 e. The fraction of sp³-hybridized carbons (Fsp3) is 0.667. The molecule has 0 radical (unpaired) electrons. The Labute approximate surface area is 124 Å². The minimum absolute atomic E-state index is 1.15. The van der Waals surface area contributed by atoms with Gasteiger partial charge in [-0.05, 0) is 68.4 Å². The normalized spacial score (nSPS) is 17.1. The second-order valence-corrected chi connectivity index (χ2v) is 5.86. The van der Waals surface area contributed by atoms with Gasteiger partial charge in [0, 0.05) is 13.1 Å². The highest BCUT2D eigenvalue weighted by Crippen LogP contribution is 2.16. The van der Waals surface area contributed by atoms with Gasteiger partial charge in [-0.25, -0.2) is 0 Å². The summed E-state index contributed by atoms with van der Waals surface area (Å²) in [5.41, 5.74) is 4.61. The van der Waals surface area contributed by atoms with Gasteiger partial charge in [0.1, 0.15) is 0 Å². The molecule has 2 nitrogen and oxygen atoms in total. The van der Waals surface area contributed by atoms with Crippen LogP contribution >= 0.6 is 0 Å². The molecule has 20 heavy (non-hydrogen) atoms. The third-order valence-corrected chi connectivity index (χ3v) is 4.41. The van der Waals surface area contributed by atoms with E-state index < -0.39 is 0 Å². The third-order valence-electron chi connectivity index (χ3n) is 4.41. The van der Waals surface area contributed by atoms with Crippen molar-refractivity contribution in [2.75, 3.05) is 32.7 Å². The summed E-state index contributed by atoms with van der Waals surface area (Å²) in [4.78, 5) is 2.62. The summed E-state index contributed by atoms with van der Waals surface area (Å²) in [6.07, 6.45) is 6.13. The first-order chi connectivity index (χ1) is 9.83. The van der Waals surface area contributed by atoms with Gasteiger partial charge in [0.2, 0.25) is 0 Å². The Bertz CT molecular complexity index is 392. The molecule has 0 saturated carbocycles. The first-order valence-corrected chi connectivity index (χ1v) is 8.37. The van der Waals surface area contributed by atoms with Crippen LogP contribution in [0.3, 0.4) is 0 Å². The third kappa shape index (κ3) is 4.60. The molecule has 1 N–H and O–H groups in total. The van der Waals surface area contributed by atoms with Crippen molar-refractivity contribution in [3.63, 3.8) is 0 Å². The molecular weight excluding hydrogens is 244 g/mol. The van der Waals surface area contributed by atoms with Gasteiger partial charge in [-0.1, -0.05) is 32.0 Å². The van der Waals surface area contributed by atoms with Crippen molar-refractivity contribution < 1.29 is 0 Å². The van der Waals surface area contributed by atoms with Crippen molar-refractivity contribution in [2.24, 2.45) is 0 Å². The Morgan fingerprint density at radius 1 is 1.05 bits per heavy atom. The van der Waals surface area contributed by atoms with E-state index >= 15 is 0 Å². The van der Waals surface area contributed by atoms with Crippen molar-refractivity contribution in [3.8, 4) is 0 Å². The summed E-state index contributed by atoms with van der Waals surface area (Å²) in [6.45, 7) is 10.6. The van der Waals surface area contributed by atoms with E-state index in [2.05, 4.69) is 42.3 Å². The Morgan fingerprint density at radius 3 is 2.75 bits per heavy atom. The molecular formula is C18H30N2. The Hall–Kier alpha value is -0.860. The monoisotopic (exact) mass is 274 g/mol. The average molecular weight is 274 g/mol. The number of nitrogens with one attached hydrogen (secondary N) is 1. The summed E-state index contributed by atoms with van der Waals surface area (Å²) in [7, 11) is 0. The van der Waals surface area contributed by atoms with Gasteiger partial charge in [0.15, 0.2) is 0 Å². The topological polar surface area (TPSA) is 15.3 Å². The van der Waals surface area contributed by atoms with Gasteiger partial charge in [-0.15, -0.1) is 0 Å². The fourth-order valence-electron chi connectivity index (χ4n) is 3.10. The van der Waals surface area contributed by atoms with E-state index in [0.29, 0.717) is 0 Å². The molecule has 1 aromatic carbocycles. The first kappa shape index (κ1) is 15.5. The predicted molar refractivity (Wildman–Crippen MR) is 87.4 cm³/mol. The average Bonchev–Trinajstić information content (AvgIpc) is 2.76. The molecule has 2 heteroatoms. The van der Waals surface area contributed by atoms with E-state index in [9.17, 15) is 0 Å². The van der Waals surface area contributed by atoms with Crippen LogP contribution in [-0.2, 0) is 19.3 Å². The zero-order valence-corrected chi connectivity index (χ0v) is 13.3. The molecule has 0 bridgehead atoms. The van der Waals surface area contributed by atoms with Crippen LogP contribution in [0.1, 0.15) is 43.4 Å². The molecule has 1 aliphatic heterocycles. The molecule has 1 aliphatic rings. The van der Waals surface area contributed by atoms with E-state index in [1.165, 1.54) is 51.0 Å². The lowest BCUT2D eigenvalue weighted by Gasteiger charge is -2.19. The molecule has 1 aromatic rings. The van der Waals surface area contributed by atoms with Gasteiger partial charge >= 0.3 is 0 Å². The Morgan fingerprint density at radius 2 is 1.95 bits per heavy atom. The van der Waals surface area contributed by atoms with Crippen molar-refractivity contribution in [1.82, 2.24) is 10.2 Å². The lowest BCUT2D eigenvalue weighted by atomic mass is 9.97. The van der Waals surface area contributed by atoms with Crippen molar-refractivity contribution in [2.45, 2.75) is 46.0 Å². The van der Waals surface area contributed by atoms with Gasteiger partial charge in [-0.3, -0.25) is 0 Å². The van der Waals surface area contributed by atoms with Crippen LogP contribution in [-0.4, -0.2) is 37.6 Å². The maximum atomic E-state index is 3.48. The van der Waals surface area contributed by atoms with Crippen LogP contribution in [0.4, 0.5) is 0 Å². The quantitative estimate of drug-likeness (QED) is 0.858. The highest BCUT2D eigenvalue weighted by molar-refractivity contribution is 5.32. The lowest BCUT2D eigenvalue weighted by Crippen LogP contribution is -2.29. The SMILES string of the molecule is CCc1ccc(CC)c(CCCN2CCCNCC2)c1. The number of aryl methyl sites for hydroxylation is 3. The number of benzene rings is 1. The van der Waals surface area contributed by atoms with E-state index in [1.54, 1.807) is 11.1 Å². The zero-order chi connectivity index (χ0) is 14.2. The van der Waals surface area contributed by atoms with Crippen LogP contribution in [0, 0.1) is 0 Å². The van der Waals surface area contributed by atoms with E-state index in [4.69, 9.17) is 0 Å². The summed E-state index contributed by atoms with van der Waals surface area (Å²) in [6, 6.07) is 7.07. The Balaban J connectivity index is 1.86. The molecule has 0 spiro atoms. The van der Waals surface area contributed by atoms with Crippen LogP contribution in [0.15, 0.2) is 18.2 Å². The number of rotatable bonds is 6. The number of nitrogens with zero attached hydrogens (tertiary/aromatic N) is 1. The van der Waals surface area contributed by atoms with Crippen LogP contribution in [0.5, 0.6) is 0 Å². The van der Waals surface area contributed by atoms with Gasteiger partial charge in [0.25, 0.3) is 0 Å². The van der Waals surface area contributed by atoms with Crippen LogP contribution in [0.25, 0.3) is 0 Å². The number of hydrogen-bond acceptors (Lipinski definition) is 2. The van der Waals surface area contributed by atoms with E-state index in [-0.39, 0.29) is 0 Å². The summed E-state index contributed by atoms with van der Waals surface area (Å²) in [5.74, 6) is 0. The molecule has 1 heterocycles. The second kappa shape index (κ2) is 8.43. The van der Waals surface area contributed by atoms with Gasteiger partial charge in [0.05, 0.1) is 0 Å². The van der Waals surface area contributed by atoms with Crippen molar-refractivity contribution in [1.29, 1.82) is 0 Å². The van der Waals surface area contributed by atoms with Gasteiger partial charge < -0.3 is 10.2 Å². The molecule has 1 fully saturated rings. The molecule has 0 atom stereocenters. The molecule has 1 saturated heterocycles. The summed E-state index contributed by atoms with van der Waals surface area (Å²) in [5, 5.41) is 3.48. The molecule has 0 aromatic heterocycles. The van der Waals surface area contributed by atoms with Crippen LogP contribution in [0.2, 0.25) is 0 Å². The van der Waals surface area contributed by atoms with E-state index in [0.717, 1.165) is 19.4 Å². The maximum absolute atomic E-state index is 3.48. The number of hydrogen-bond donors (Lipinski definition) is 1. The first-order valence-electron chi connectivity index (χ1n) is 8.37. The van der Waals surface area contributed by atoms with Gasteiger partial charge in [-0.2, -0.15) is 0 Å². The standard InChI is InChI=1S/C18H30N2/c1-3-16-8-9-17(4-2)18(15-16)7-5-12-20-13-6-10-19-11-14-20/h8-9,15,19H,3-7,10-14H2,1-2H3. The molecule has 112 valence electrons. The molecule has 0 unspecified atom stereocenters. The van der Waals surface area contributed by atoms with Crippen LogP contribution < -0.4 is 5.32 Å². The zero-order valence-electron chi connectivity index (χ0n) is 13.3. The molecule has 0 aliphatic carbocycles.